The van der Waals surface area contributed by atoms with E-state index in [1.54, 1.807) is 18.3 Å². The predicted octanol–water partition coefficient (Wildman–Crippen LogP) is 2.03. The second-order valence-electron chi connectivity index (χ2n) is 5.76. The van der Waals surface area contributed by atoms with E-state index in [1.807, 2.05) is 4.90 Å². The molecule has 2 heterocycles. The molecule has 2 fully saturated rings. The first-order chi connectivity index (χ1) is 9.25. The van der Waals surface area contributed by atoms with E-state index < -0.39 is 0 Å². The Morgan fingerprint density at radius 1 is 1.21 bits per heavy atom. The first kappa shape index (κ1) is 12.5. The number of amides is 1. The van der Waals surface area contributed by atoms with Crippen molar-refractivity contribution in [1.82, 2.24) is 9.88 Å². The Morgan fingerprint density at radius 3 is 2.79 bits per heavy atom. The lowest BCUT2D eigenvalue weighted by molar-refractivity contribution is 0.0519. The van der Waals surface area contributed by atoms with Gasteiger partial charge in [0.2, 0.25) is 0 Å². The highest BCUT2D eigenvalue weighted by Gasteiger charge is 2.33. The molecule has 1 saturated heterocycles. The summed E-state index contributed by atoms with van der Waals surface area (Å²) in [5.41, 5.74) is -0.00460. The Balaban J connectivity index is 1.75. The molecule has 3 rings (SSSR count). The van der Waals surface area contributed by atoms with E-state index in [4.69, 9.17) is 0 Å². The van der Waals surface area contributed by atoms with E-state index in [1.165, 1.54) is 25.7 Å². The van der Waals surface area contributed by atoms with Gasteiger partial charge < -0.3 is 9.88 Å². The van der Waals surface area contributed by atoms with Crippen molar-refractivity contribution in [1.29, 1.82) is 0 Å². The fraction of sp³-hybridized carbons (Fsp3) is 0.600. The third kappa shape index (κ3) is 2.44. The summed E-state index contributed by atoms with van der Waals surface area (Å²) in [6, 6.07) is 3.33. The zero-order chi connectivity index (χ0) is 13.2. The molecular formula is C15H20N2O2. The van der Waals surface area contributed by atoms with E-state index in [-0.39, 0.29) is 17.0 Å². The molecule has 102 valence electrons. The molecule has 4 nitrogen and oxygen atoms in total. The summed E-state index contributed by atoms with van der Waals surface area (Å²) in [5.74, 6) is 1.34. The van der Waals surface area contributed by atoms with Crippen LogP contribution in [-0.4, -0.2) is 28.9 Å². The van der Waals surface area contributed by atoms with E-state index in [9.17, 15) is 9.59 Å². The number of likely N-dealkylation sites (tertiary alicyclic amines) is 1. The average Bonchev–Trinajstić information content (AvgIpc) is 2.46. The number of aromatic amines is 1. The summed E-state index contributed by atoms with van der Waals surface area (Å²) in [4.78, 5) is 28.5. The van der Waals surface area contributed by atoms with Crippen LogP contribution in [0.1, 0.15) is 42.5 Å². The molecule has 0 bridgehead atoms. The summed E-state index contributed by atoms with van der Waals surface area (Å²) in [7, 11) is 0. The maximum absolute atomic E-state index is 12.4. The van der Waals surface area contributed by atoms with Gasteiger partial charge in [-0.2, -0.15) is 0 Å². The molecule has 0 radical (unpaired) electrons. The van der Waals surface area contributed by atoms with Crippen LogP contribution in [0.5, 0.6) is 0 Å². The molecule has 1 N–H and O–H groups in total. The number of nitrogens with zero attached hydrogens (tertiary/aromatic N) is 1. The Labute approximate surface area is 112 Å². The summed E-state index contributed by atoms with van der Waals surface area (Å²) >= 11 is 0. The highest BCUT2D eigenvalue weighted by atomic mass is 16.2. The first-order valence-electron chi connectivity index (χ1n) is 7.22. The van der Waals surface area contributed by atoms with Crippen molar-refractivity contribution in [3.8, 4) is 0 Å². The number of pyridine rings is 1. The highest BCUT2D eigenvalue weighted by molar-refractivity contribution is 5.93. The lowest BCUT2D eigenvalue weighted by Gasteiger charge is -2.41. The third-order valence-electron chi connectivity index (χ3n) is 4.63. The maximum atomic E-state index is 12.4. The van der Waals surface area contributed by atoms with Gasteiger partial charge in [-0.15, -0.1) is 0 Å². The summed E-state index contributed by atoms with van der Waals surface area (Å²) in [6.07, 6.45) is 7.84. The van der Waals surface area contributed by atoms with Crippen LogP contribution in [0.4, 0.5) is 0 Å². The lowest BCUT2D eigenvalue weighted by Crippen LogP contribution is -2.45. The summed E-state index contributed by atoms with van der Waals surface area (Å²) in [6.45, 7) is 1.63. The molecule has 2 unspecified atom stereocenters. The van der Waals surface area contributed by atoms with Crippen LogP contribution < -0.4 is 5.56 Å². The molecule has 1 aromatic rings. The first-order valence-corrected chi connectivity index (χ1v) is 7.22. The topological polar surface area (TPSA) is 53.2 Å². The molecule has 1 aromatic heterocycles. The number of nitrogens with one attached hydrogen (secondary N) is 1. The standard InChI is InChI=1S/C15H20N2O2/c18-14-13(6-3-8-16-14)15(19)17-9-7-11-4-1-2-5-12(11)10-17/h3,6,8,11-12H,1-2,4-5,7,9-10H2,(H,16,18). The van der Waals surface area contributed by atoms with Gasteiger partial charge in [0.25, 0.3) is 11.5 Å². The van der Waals surface area contributed by atoms with E-state index in [2.05, 4.69) is 4.98 Å². The van der Waals surface area contributed by atoms with E-state index in [0.29, 0.717) is 5.92 Å². The van der Waals surface area contributed by atoms with E-state index in [0.717, 1.165) is 25.4 Å². The van der Waals surface area contributed by atoms with Crippen molar-refractivity contribution in [3.05, 3.63) is 34.2 Å². The second kappa shape index (κ2) is 5.19. The molecule has 0 spiro atoms. The molecule has 1 aliphatic heterocycles. The smallest absolute Gasteiger partial charge is 0.260 e. The Morgan fingerprint density at radius 2 is 2.00 bits per heavy atom. The van der Waals surface area contributed by atoms with Crippen molar-refractivity contribution < 1.29 is 4.79 Å². The SMILES string of the molecule is O=C(c1ccc[nH]c1=O)N1CCC2CCCCC2C1. The van der Waals surface area contributed by atoms with Gasteiger partial charge >= 0.3 is 0 Å². The molecule has 0 aromatic carbocycles. The van der Waals surface area contributed by atoms with Gasteiger partial charge in [0.1, 0.15) is 5.56 Å². The lowest BCUT2D eigenvalue weighted by atomic mass is 9.75. The highest BCUT2D eigenvalue weighted by Crippen LogP contribution is 2.36. The minimum Gasteiger partial charge on any atom is -0.338 e. The molecule has 4 heteroatoms. The van der Waals surface area contributed by atoms with Gasteiger partial charge in [-0.05, 0) is 36.8 Å². The van der Waals surface area contributed by atoms with Crippen molar-refractivity contribution >= 4 is 5.91 Å². The Kier molecular flexibility index (Phi) is 3.40. The van der Waals surface area contributed by atoms with Gasteiger partial charge in [0.05, 0.1) is 0 Å². The average molecular weight is 260 g/mol. The maximum Gasteiger partial charge on any atom is 0.260 e. The minimum atomic E-state index is -0.279. The fourth-order valence-corrected chi connectivity index (χ4v) is 3.55. The fourth-order valence-electron chi connectivity index (χ4n) is 3.55. The van der Waals surface area contributed by atoms with Crippen molar-refractivity contribution in [2.75, 3.05) is 13.1 Å². The van der Waals surface area contributed by atoms with Crippen LogP contribution in [-0.2, 0) is 0 Å². The van der Waals surface area contributed by atoms with Crippen molar-refractivity contribution in [2.45, 2.75) is 32.1 Å². The monoisotopic (exact) mass is 260 g/mol. The largest absolute Gasteiger partial charge is 0.338 e. The predicted molar refractivity (Wildman–Crippen MR) is 73.0 cm³/mol. The van der Waals surface area contributed by atoms with Crippen LogP contribution >= 0.6 is 0 Å². The number of fused-ring (bicyclic) bond motifs is 1. The number of rotatable bonds is 1. The zero-order valence-electron chi connectivity index (χ0n) is 11.1. The summed E-state index contributed by atoms with van der Waals surface area (Å²) in [5, 5.41) is 0. The number of piperidine rings is 1. The van der Waals surface area contributed by atoms with Gasteiger partial charge in [-0.1, -0.05) is 19.3 Å². The molecule has 2 atom stereocenters. The number of carbonyl (C=O) groups excluding carboxylic acids is 1. The number of hydrogen-bond donors (Lipinski definition) is 1. The second-order valence-corrected chi connectivity index (χ2v) is 5.76. The van der Waals surface area contributed by atoms with Crippen LogP contribution in [0, 0.1) is 11.8 Å². The van der Waals surface area contributed by atoms with Gasteiger partial charge in [0.15, 0.2) is 0 Å². The molecule has 1 amide bonds. The summed E-state index contributed by atoms with van der Waals surface area (Å²) < 4.78 is 0. The third-order valence-corrected chi connectivity index (χ3v) is 4.63. The quantitative estimate of drug-likeness (QED) is 0.840. The minimum absolute atomic E-state index is 0.106. The van der Waals surface area contributed by atoms with Crippen LogP contribution in [0.2, 0.25) is 0 Å². The zero-order valence-corrected chi connectivity index (χ0v) is 11.1. The van der Waals surface area contributed by atoms with Crippen molar-refractivity contribution in [3.63, 3.8) is 0 Å². The number of H-pyrrole nitrogens is 1. The van der Waals surface area contributed by atoms with E-state index >= 15 is 0 Å². The number of aromatic nitrogens is 1. The van der Waals surface area contributed by atoms with Crippen LogP contribution in [0.3, 0.4) is 0 Å². The van der Waals surface area contributed by atoms with Gasteiger partial charge in [-0.3, -0.25) is 9.59 Å². The van der Waals surface area contributed by atoms with Crippen LogP contribution in [0.25, 0.3) is 0 Å². The van der Waals surface area contributed by atoms with Gasteiger partial charge in [0, 0.05) is 19.3 Å². The normalized spacial score (nSPS) is 26.8. The Hall–Kier alpha value is -1.58. The molecule has 1 saturated carbocycles. The molecule has 1 aliphatic carbocycles. The number of hydrogen-bond acceptors (Lipinski definition) is 2. The van der Waals surface area contributed by atoms with Crippen molar-refractivity contribution in [2.24, 2.45) is 11.8 Å². The Bertz CT molecular complexity index is 523. The molecule has 2 aliphatic rings. The van der Waals surface area contributed by atoms with Gasteiger partial charge in [-0.25, -0.2) is 0 Å². The molecular weight excluding hydrogens is 240 g/mol. The van der Waals surface area contributed by atoms with Crippen LogP contribution in [0.15, 0.2) is 23.1 Å². The number of carbonyl (C=O) groups is 1. The molecule has 19 heavy (non-hydrogen) atoms.